The number of Topliss-reactive ketones (excluding diaryl/α,β-unsaturated/α-hetero) is 3. The van der Waals surface area contributed by atoms with Crippen molar-refractivity contribution >= 4 is 55.2 Å². The molecule has 0 N–H and O–H groups in total. The lowest BCUT2D eigenvalue weighted by atomic mass is 9.89. The smallest absolute Gasteiger partial charge is 0.306 e. The van der Waals surface area contributed by atoms with Gasteiger partial charge in [0.1, 0.15) is 11.6 Å². The highest BCUT2D eigenvalue weighted by Gasteiger charge is 2.27. The Hall–Kier alpha value is -2.26. The zero-order chi connectivity index (χ0) is 23.1. The molecule has 0 bridgehead atoms. The molecule has 164 valence electrons. The first-order chi connectivity index (χ1) is 14.6. The van der Waals surface area contributed by atoms with E-state index >= 15 is 0 Å². The molecular weight excluding hydrogens is 542 g/mol. The van der Waals surface area contributed by atoms with Crippen molar-refractivity contribution in [1.29, 1.82) is 0 Å². The number of fused-ring (bicyclic) bond motifs is 1. The van der Waals surface area contributed by atoms with Crippen molar-refractivity contribution in [3.63, 3.8) is 0 Å². The van der Waals surface area contributed by atoms with E-state index in [0.29, 0.717) is 8.95 Å². The molecule has 3 rings (SSSR count). The summed E-state index contributed by atoms with van der Waals surface area (Å²) >= 11 is 6.19. The molecule has 9 heteroatoms. The van der Waals surface area contributed by atoms with Crippen molar-refractivity contribution in [2.75, 3.05) is 6.61 Å². The molecule has 0 spiro atoms. The molecule has 0 radical (unpaired) electrons. The summed E-state index contributed by atoms with van der Waals surface area (Å²) < 4.78 is 32.5. The molecule has 1 aliphatic carbocycles. The first kappa shape index (κ1) is 25.0. The lowest BCUT2D eigenvalue weighted by Crippen LogP contribution is -2.18. The van der Waals surface area contributed by atoms with Gasteiger partial charge in [0, 0.05) is 33.8 Å². The van der Waals surface area contributed by atoms with Crippen LogP contribution in [-0.4, -0.2) is 29.9 Å². The van der Waals surface area contributed by atoms with Gasteiger partial charge in [-0.15, -0.1) is 0 Å². The van der Waals surface area contributed by atoms with E-state index in [1.165, 1.54) is 24.3 Å². The summed E-state index contributed by atoms with van der Waals surface area (Å²) in [6.07, 6.45) is 0.228. The van der Waals surface area contributed by atoms with Crippen molar-refractivity contribution in [2.45, 2.75) is 32.6 Å². The van der Waals surface area contributed by atoms with Crippen LogP contribution in [0.4, 0.5) is 8.78 Å². The Bertz CT molecular complexity index is 1040. The van der Waals surface area contributed by atoms with E-state index in [4.69, 9.17) is 0 Å². The summed E-state index contributed by atoms with van der Waals surface area (Å²) in [6.45, 7) is 1.97. The second kappa shape index (κ2) is 11.4. The zero-order valence-electron chi connectivity index (χ0n) is 16.5. The third-order valence-electron chi connectivity index (χ3n) is 4.31. The van der Waals surface area contributed by atoms with Gasteiger partial charge in [-0.2, -0.15) is 0 Å². The average Bonchev–Trinajstić information content (AvgIpc) is 2.69. The molecule has 2 aromatic carbocycles. The van der Waals surface area contributed by atoms with Crippen LogP contribution in [0.5, 0.6) is 0 Å². The van der Waals surface area contributed by atoms with Gasteiger partial charge in [-0.3, -0.25) is 19.2 Å². The van der Waals surface area contributed by atoms with Gasteiger partial charge >= 0.3 is 5.97 Å². The molecule has 0 atom stereocenters. The quantitative estimate of drug-likeness (QED) is 0.338. The third-order valence-corrected chi connectivity index (χ3v) is 5.26. The van der Waals surface area contributed by atoms with E-state index in [-0.39, 0.29) is 60.5 Å². The SMILES string of the molecule is CCOC(=O)CCC(=O)c1ccc(Br)cc1F.O=C1CCC(=O)c2c(F)cc(Br)cc21. The van der Waals surface area contributed by atoms with Crippen molar-refractivity contribution < 1.29 is 32.7 Å². The van der Waals surface area contributed by atoms with Crippen molar-refractivity contribution in [3.05, 3.63) is 67.6 Å². The molecule has 0 amide bonds. The summed E-state index contributed by atoms with van der Waals surface area (Å²) in [4.78, 5) is 45.4. The summed E-state index contributed by atoms with van der Waals surface area (Å²) in [6, 6.07) is 6.90. The van der Waals surface area contributed by atoms with E-state index in [2.05, 4.69) is 36.6 Å². The van der Waals surface area contributed by atoms with Gasteiger partial charge in [-0.05, 0) is 37.3 Å². The maximum absolute atomic E-state index is 13.4. The Morgan fingerprint density at radius 1 is 0.935 bits per heavy atom. The number of ether oxygens (including phenoxy) is 1. The highest BCUT2D eigenvalue weighted by atomic mass is 79.9. The van der Waals surface area contributed by atoms with Crippen molar-refractivity contribution in [2.24, 2.45) is 0 Å². The van der Waals surface area contributed by atoms with Gasteiger partial charge < -0.3 is 4.74 Å². The minimum absolute atomic E-state index is 0.00232. The molecule has 0 aromatic heterocycles. The van der Waals surface area contributed by atoms with Gasteiger partial charge in [0.25, 0.3) is 0 Å². The predicted molar refractivity (Wildman–Crippen MR) is 116 cm³/mol. The van der Waals surface area contributed by atoms with Crippen molar-refractivity contribution in [3.8, 4) is 0 Å². The number of hydrogen-bond donors (Lipinski definition) is 0. The highest BCUT2D eigenvalue weighted by Crippen LogP contribution is 2.27. The number of benzene rings is 2. The first-order valence-corrected chi connectivity index (χ1v) is 10.9. The lowest BCUT2D eigenvalue weighted by Gasteiger charge is -2.14. The number of esters is 1. The Morgan fingerprint density at radius 2 is 1.58 bits per heavy atom. The number of rotatable bonds is 5. The standard InChI is InChI=1S/C12H12BrFO3.C10H6BrFO2/c1-2-17-12(16)6-5-11(15)9-4-3-8(13)7-10(9)14;11-5-3-6-8(13)1-2-9(14)10(6)7(12)4-5/h3-4,7H,2,5-6H2,1H3;3-4H,1-2H2. The Balaban J connectivity index is 0.000000224. The average molecular weight is 560 g/mol. The topological polar surface area (TPSA) is 77.5 Å². The molecule has 0 heterocycles. The summed E-state index contributed by atoms with van der Waals surface area (Å²) in [7, 11) is 0. The van der Waals surface area contributed by atoms with Crippen LogP contribution in [0.15, 0.2) is 39.3 Å². The number of carbonyl (C=O) groups excluding carboxylic acids is 4. The van der Waals surface area contributed by atoms with Gasteiger partial charge in [0.05, 0.1) is 24.2 Å². The normalized spacial score (nSPS) is 12.5. The van der Waals surface area contributed by atoms with Crippen LogP contribution in [0.25, 0.3) is 0 Å². The fourth-order valence-electron chi connectivity index (χ4n) is 2.86. The number of ketones is 3. The Kier molecular flexibility index (Phi) is 9.18. The van der Waals surface area contributed by atoms with Crippen LogP contribution < -0.4 is 0 Å². The molecule has 0 fully saturated rings. The number of halogens is 4. The minimum atomic E-state index is -0.618. The van der Waals surface area contributed by atoms with Gasteiger partial charge in [0.15, 0.2) is 17.3 Å². The van der Waals surface area contributed by atoms with Gasteiger partial charge in [-0.25, -0.2) is 8.78 Å². The van der Waals surface area contributed by atoms with E-state index in [9.17, 15) is 28.0 Å². The van der Waals surface area contributed by atoms with Crippen LogP contribution in [0, 0.1) is 11.6 Å². The zero-order valence-corrected chi connectivity index (χ0v) is 19.6. The van der Waals surface area contributed by atoms with Crippen LogP contribution in [0.1, 0.15) is 63.7 Å². The largest absolute Gasteiger partial charge is 0.466 e. The van der Waals surface area contributed by atoms with E-state index in [0.717, 1.165) is 0 Å². The monoisotopic (exact) mass is 558 g/mol. The molecule has 2 aromatic rings. The molecule has 0 aliphatic heterocycles. The highest BCUT2D eigenvalue weighted by molar-refractivity contribution is 9.10. The second-order valence-electron chi connectivity index (χ2n) is 6.51. The molecule has 1 aliphatic rings. The fraction of sp³-hybridized carbons (Fsp3) is 0.273. The number of carbonyl (C=O) groups is 4. The summed E-state index contributed by atoms with van der Waals surface area (Å²) in [5, 5.41) is 0. The molecular formula is C22H18Br2F2O5. The third kappa shape index (κ3) is 6.87. The van der Waals surface area contributed by atoms with Crippen LogP contribution in [0.3, 0.4) is 0 Å². The molecule has 31 heavy (non-hydrogen) atoms. The molecule has 5 nitrogen and oxygen atoms in total. The number of hydrogen-bond acceptors (Lipinski definition) is 5. The summed E-state index contributed by atoms with van der Waals surface area (Å²) in [5.41, 5.74) is 0.148. The first-order valence-electron chi connectivity index (χ1n) is 9.33. The Labute approximate surface area is 194 Å². The van der Waals surface area contributed by atoms with Crippen LogP contribution >= 0.6 is 31.9 Å². The van der Waals surface area contributed by atoms with Gasteiger partial charge in [-0.1, -0.05) is 31.9 Å². The molecule has 0 saturated carbocycles. The summed E-state index contributed by atoms with van der Waals surface area (Å²) in [5.74, 6) is -2.51. The second-order valence-corrected chi connectivity index (χ2v) is 8.34. The van der Waals surface area contributed by atoms with E-state index < -0.39 is 23.4 Å². The maximum Gasteiger partial charge on any atom is 0.306 e. The minimum Gasteiger partial charge on any atom is -0.466 e. The van der Waals surface area contributed by atoms with Gasteiger partial charge in [0.2, 0.25) is 0 Å². The lowest BCUT2D eigenvalue weighted by molar-refractivity contribution is -0.143. The predicted octanol–water partition coefficient (Wildman–Crippen LogP) is 5.86. The molecule has 0 unspecified atom stereocenters. The van der Waals surface area contributed by atoms with E-state index in [1.807, 2.05) is 0 Å². The van der Waals surface area contributed by atoms with Crippen molar-refractivity contribution in [1.82, 2.24) is 0 Å². The van der Waals surface area contributed by atoms with E-state index in [1.54, 1.807) is 13.0 Å². The Morgan fingerprint density at radius 3 is 2.23 bits per heavy atom. The van der Waals surface area contributed by atoms with Crippen LogP contribution in [0.2, 0.25) is 0 Å². The van der Waals surface area contributed by atoms with Crippen LogP contribution in [-0.2, 0) is 9.53 Å². The fourth-order valence-corrected chi connectivity index (χ4v) is 3.63. The maximum atomic E-state index is 13.4. The molecule has 0 saturated heterocycles.